The molecule has 5 aromatic rings. The van der Waals surface area contributed by atoms with Crippen LogP contribution in [0.5, 0.6) is 0 Å². The number of hydrogen-bond donors (Lipinski definition) is 3. The molecule has 2 heterocycles. The number of anilines is 4. The topological polar surface area (TPSA) is 135 Å². The summed E-state index contributed by atoms with van der Waals surface area (Å²) in [7, 11) is -2.02. The van der Waals surface area contributed by atoms with Crippen molar-refractivity contribution in [2.45, 2.75) is 6.18 Å². The molecule has 0 aliphatic heterocycles. The highest BCUT2D eigenvalue weighted by atomic mass is 35.5. The predicted octanol–water partition coefficient (Wildman–Crippen LogP) is 6.69. The molecule has 0 aliphatic rings. The maximum absolute atomic E-state index is 13.5. The van der Waals surface area contributed by atoms with Crippen molar-refractivity contribution in [3.8, 4) is 11.1 Å². The average molecular weight is 677 g/mol. The fraction of sp³-hybridized carbons (Fsp3) is 0.103. The zero-order valence-electron chi connectivity index (χ0n) is 23.2. The second-order valence-corrected chi connectivity index (χ2v) is 12.3. The highest BCUT2D eigenvalue weighted by Gasteiger charge is 2.31. The zero-order valence-corrected chi connectivity index (χ0v) is 25.5. The lowest BCUT2D eigenvalue weighted by Gasteiger charge is -2.15. The molecular formula is C29H21Cl2F3N6O4S. The zero-order chi connectivity index (χ0) is 32.7. The van der Waals surface area contributed by atoms with E-state index in [4.69, 9.17) is 23.2 Å². The molecule has 0 saturated heterocycles. The summed E-state index contributed by atoms with van der Waals surface area (Å²) in [6.07, 6.45) is -2.16. The van der Waals surface area contributed by atoms with E-state index in [1.807, 2.05) is 0 Å². The van der Waals surface area contributed by atoms with E-state index in [0.29, 0.717) is 22.8 Å². The molecular weight excluding hydrogens is 656 g/mol. The van der Waals surface area contributed by atoms with Crippen LogP contribution in [0, 0.1) is 0 Å². The number of halogens is 5. The standard InChI is InChI=1S/C29H21Cl2F3N6O4S/c1-40-25-16(14-35-28(38-25)36-18-7-4-8-19(13-18)39-45(2,43)44)12-20(27(40)42)23-21(30)9-10-22(24(23)31)37-26(41)15-5-3-6-17(11-15)29(32,33)34/h3-14,39H,1-2H3,(H,37,41)(H,35,36,38). The smallest absolute Gasteiger partial charge is 0.324 e. The minimum Gasteiger partial charge on any atom is -0.324 e. The van der Waals surface area contributed by atoms with E-state index in [2.05, 4.69) is 25.3 Å². The first-order valence-corrected chi connectivity index (χ1v) is 15.4. The predicted molar refractivity (Wildman–Crippen MR) is 168 cm³/mol. The number of nitrogens with one attached hydrogen (secondary N) is 3. The van der Waals surface area contributed by atoms with Crippen molar-refractivity contribution in [3.63, 3.8) is 0 Å². The van der Waals surface area contributed by atoms with E-state index in [1.165, 1.54) is 42.1 Å². The second-order valence-electron chi connectivity index (χ2n) is 9.79. The van der Waals surface area contributed by atoms with E-state index in [-0.39, 0.29) is 44.0 Å². The molecule has 2 aromatic heterocycles. The minimum atomic E-state index is -4.64. The molecule has 3 N–H and O–H groups in total. The third-order valence-corrected chi connectivity index (χ3v) is 7.75. The van der Waals surface area contributed by atoms with Gasteiger partial charge >= 0.3 is 6.18 Å². The molecule has 5 rings (SSSR count). The van der Waals surface area contributed by atoms with Gasteiger partial charge in [0.2, 0.25) is 16.0 Å². The summed E-state index contributed by atoms with van der Waals surface area (Å²) in [6.45, 7) is 0. The quantitative estimate of drug-likeness (QED) is 0.175. The van der Waals surface area contributed by atoms with Crippen molar-refractivity contribution >= 4 is 73.2 Å². The van der Waals surface area contributed by atoms with Crippen LogP contribution >= 0.6 is 23.2 Å². The largest absolute Gasteiger partial charge is 0.416 e. The van der Waals surface area contributed by atoms with Crippen molar-refractivity contribution in [2.24, 2.45) is 7.05 Å². The highest BCUT2D eigenvalue weighted by molar-refractivity contribution is 7.92. The molecule has 0 fully saturated rings. The number of carbonyl (C=O) groups is 1. The van der Waals surface area contributed by atoms with Crippen molar-refractivity contribution in [3.05, 3.63) is 104 Å². The summed E-state index contributed by atoms with van der Waals surface area (Å²) >= 11 is 13.1. The number of alkyl halides is 3. The summed E-state index contributed by atoms with van der Waals surface area (Å²) in [5.41, 5.74) is -0.586. The lowest BCUT2D eigenvalue weighted by Crippen LogP contribution is -2.20. The van der Waals surface area contributed by atoms with Gasteiger partial charge in [0.1, 0.15) is 5.65 Å². The van der Waals surface area contributed by atoms with Gasteiger partial charge in [0.15, 0.2) is 0 Å². The van der Waals surface area contributed by atoms with E-state index < -0.39 is 33.2 Å². The Morgan fingerprint density at radius 1 is 0.978 bits per heavy atom. The maximum Gasteiger partial charge on any atom is 0.416 e. The summed E-state index contributed by atoms with van der Waals surface area (Å²) in [5.74, 6) is -0.731. The number of amides is 1. The third kappa shape index (κ3) is 7.03. The van der Waals surface area contributed by atoms with Gasteiger partial charge in [0, 0.05) is 35.4 Å². The molecule has 0 aliphatic carbocycles. The number of benzene rings is 3. The number of aromatic nitrogens is 3. The second kappa shape index (κ2) is 12.0. The number of fused-ring (bicyclic) bond motifs is 1. The number of pyridine rings is 1. The molecule has 0 atom stereocenters. The third-order valence-electron chi connectivity index (χ3n) is 6.43. The Labute approximate surface area is 263 Å². The summed E-state index contributed by atoms with van der Waals surface area (Å²) in [4.78, 5) is 35.1. The Morgan fingerprint density at radius 2 is 1.69 bits per heavy atom. The van der Waals surface area contributed by atoms with Gasteiger partial charge < -0.3 is 10.6 Å². The van der Waals surface area contributed by atoms with Crippen molar-refractivity contribution in [2.75, 3.05) is 21.6 Å². The Hall–Kier alpha value is -4.66. The van der Waals surface area contributed by atoms with Crippen molar-refractivity contribution < 1.29 is 26.4 Å². The Bertz CT molecular complexity index is 2160. The van der Waals surface area contributed by atoms with Crippen LogP contribution in [-0.2, 0) is 23.2 Å². The Kier molecular flexibility index (Phi) is 8.49. The molecule has 10 nitrogen and oxygen atoms in total. The van der Waals surface area contributed by atoms with Gasteiger partial charge in [-0.25, -0.2) is 13.4 Å². The molecule has 45 heavy (non-hydrogen) atoms. The Balaban J connectivity index is 1.48. The van der Waals surface area contributed by atoms with Gasteiger partial charge in [-0.3, -0.25) is 18.9 Å². The van der Waals surface area contributed by atoms with Crippen LogP contribution in [0.25, 0.3) is 22.2 Å². The van der Waals surface area contributed by atoms with Crippen LogP contribution in [0.4, 0.5) is 36.2 Å². The fourth-order valence-corrected chi connectivity index (χ4v) is 5.59. The lowest BCUT2D eigenvalue weighted by atomic mass is 10.0. The molecule has 3 aromatic carbocycles. The van der Waals surface area contributed by atoms with E-state index in [1.54, 1.807) is 24.3 Å². The number of hydrogen-bond acceptors (Lipinski definition) is 7. The number of sulfonamides is 1. The van der Waals surface area contributed by atoms with Gasteiger partial charge in [-0.15, -0.1) is 0 Å². The van der Waals surface area contributed by atoms with Gasteiger partial charge in [-0.2, -0.15) is 18.2 Å². The first-order chi connectivity index (χ1) is 21.1. The first kappa shape index (κ1) is 31.8. The number of nitrogens with zero attached hydrogens (tertiary/aromatic N) is 3. The molecule has 16 heteroatoms. The molecule has 0 unspecified atom stereocenters. The average Bonchev–Trinajstić information content (AvgIpc) is 2.96. The molecule has 0 radical (unpaired) electrons. The summed E-state index contributed by atoms with van der Waals surface area (Å²) in [6, 6.07) is 14.5. The maximum atomic E-state index is 13.5. The van der Waals surface area contributed by atoms with Gasteiger partial charge in [0.05, 0.1) is 38.8 Å². The number of rotatable bonds is 7. The minimum absolute atomic E-state index is 0.0176. The van der Waals surface area contributed by atoms with E-state index >= 15 is 0 Å². The van der Waals surface area contributed by atoms with Crippen molar-refractivity contribution in [1.29, 1.82) is 0 Å². The van der Waals surface area contributed by atoms with Gasteiger partial charge in [-0.1, -0.05) is 35.3 Å². The monoisotopic (exact) mass is 676 g/mol. The normalized spacial score (nSPS) is 11.8. The summed E-state index contributed by atoms with van der Waals surface area (Å²) < 4.78 is 66.2. The number of aryl methyl sites for hydroxylation is 1. The first-order valence-electron chi connectivity index (χ1n) is 12.8. The van der Waals surface area contributed by atoms with Gasteiger partial charge in [-0.05, 0) is 54.6 Å². The van der Waals surface area contributed by atoms with Crippen LogP contribution in [0.15, 0.2) is 77.7 Å². The van der Waals surface area contributed by atoms with Crippen LogP contribution < -0.4 is 20.9 Å². The van der Waals surface area contributed by atoms with Crippen LogP contribution in [0.1, 0.15) is 15.9 Å². The molecule has 0 bridgehead atoms. The SMILES string of the molecule is Cn1c(=O)c(-c2c(Cl)ccc(NC(=O)c3cccc(C(F)(F)F)c3)c2Cl)cc2cnc(Nc3cccc(NS(C)(=O)=O)c3)nc21. The fourth-order valence-electron chi connectivity index (χ4n) is 4.42. The Morgan fingerprint density at radius 3 is 2.40 bits per heavy atom. The molecule has 0 spiro atoms. The van der Waals surface area contributed by atoms with Gasteiger partial charge in [0.25, 0.3) is 11.5 Å². The van der Waals surface area contributed by atoms with E-state index in [9.17, 15) is 31.2 Å². The van der Waals surface area contributed by atoms with E-state index in [0.717, 1.165) is 18.4 Å². The lowest BCUT2D eigenvalue weighted by molar-refractivity contribution is -0.137. The number of carbonyl (C=O) groups excluding carboxylic acids is 1. The van der Waals surface area contributed by atoms with Crippen LogP contribution in [0.3, 0.4) is 0 Å². The van der Waals surface area contributed by atoms with Crippen LogP contribution in [-0.4, -0.2) is 35.1 Å². The molecule has 0 saturated carbocycles. The molecule has 232 valence electrons. The summed E-state index contributed by atoms with van der Waals surface area (Å²) in [5, 5.41) is 5.85. The highest BCUT2D eigenvalue weighted by Crippen LogP contribution is 2.39. The van der Waals surface area contributed by atoms with Crippen LogP contribution in [0.2, 0.25) is 10.0 Å². The van der Waals surface area contributed by atoms with Crippen molar-refractivity contribution in [1.82, 2.24) is 14.5 Å². The molecule has 1 amide bonds.